The van der Waals surface area contributed by atoms with Gasteiger partial charge in [0.15, 0.2) is 0 Å². The lowest BCUT2D eigenvalue weighted by Crippen LogP contribution is -2.30. The molecule has 1 amide bonds. The predicted octanol–water partition coefficient (Wildman–Crippen LogP) is 1.71. The van der Waals surface area contributed by atoms with Crippen molar-refractivity contribution in [2.75, 3.05) is 6.54 Å². The lowest BCUT2D eigenvalue weighted by Gasteiger charge is -2.21. The highest BCUT2D eigenvalue weighted by Crippen LogP contribution is 2.26. The van der Waals surface area contributed by atoms with Crippen LogP contribution in [-0.4, -0.2) is 30.3 Å². The third kappa shape index (κ3) is 5.95. The number of aliphatic hydroxyl groups excluding tert-OH is 1. The van der Waals surface area contributed by atoms with Crippen LogP contribution < -0.4 is 5.32 Å². The van der Waals surface area contributed by atoms with E-state index in [0.29, 0.717) is 13.0 Å². The van der Waals surface area contributed by atoms with Gasteiger partial charge in [-0.1, -0.05) is 13.8 Å². The van der Waals surface area contributed by atoms with E-state index in [1.807, 2.05) is 6.92 Å². The highest BCUT2D eigenvalue weighted by Gasteiger charge is 2.37. The van der Waals surface area contributed by atoms with Gasteiger partial charge in [-0.3, -0.25) is 4.79 Å². The van der Waals surface area contributed by atoms with Gasteiger partial charge < -0.3 is 10.4 Å². The molecule has 0 aromatic rings. The molecule has 0 aliphatic carbocycles. The van der Waals surface area contributed by atoms with Crippen LogP contribution in [0.2, 0.25) is 0 Å². The van der Waals surface area contributed by atoms with Gasteiger partial charge in [0, 0.05) is 6.54 Å². The van der Waals surface area contributed by atoms with Crippen molar-refractivity contribution in [3.8, 4) is 0 Å². The maximum absolute atomic E-state index is 12.0. The van der Waals surface area contributed by atoms with Crippen LogP contribution in [0.5, 0.6) is 0 Å². The minimum absolute atomic E-state index is 0.0180. The van der Waals surface area contributed by atoms with E-state index in [4.69, 9.17) is 5.11 Å². The number of amides is 1. The van der Waals surface area contributed by atoms with Crippen molar-refractivity contribution in [1.82, 2.24) is 5.32 Å². The zero-order valence-corrected chi connectivity index (χ0v) is 9.42. The van der Waals surface area contributed by atoms with Gasteiger partial charge in [0.2, 0.25) is 6.41 Å². The summed E-state index contributed by atoms with van der Waals surface area (Å²) in [7, 11) is 0. The van der Waals surface area contributed by atoms with Crippen molar-refractivity contribution in [3.63, 3.8) is 0 Å². The second kappa shape index (κ2) is 6.73. The quantitative estimate of drug-likeness (QED) is 0.667. The summed E-state index contributed by atoms with van der Waals surface area (Å²) >= 11 is 0. The van der Waals surface area contributed by atoms with Crippen LogP contribution in [0.1, 0.15) is 26.7 Å². The Kier molecular flexibility index (Phi) is 6.40. The zero-order chi connectivity index (χ0) is 12.8. The van der Waals surface area contributed by atoms with E-state index in [1.165, 1.54) is 0 Å². The Labute approximate surface area is 93.0 Å². The predicted molar refractivity (Wildman–Crippen MR) is 53.7 cm³/mol. The van der Waals surface area contributed by atoms with Gasteiger partial charge in [-0.15, -0.1) is 0 Å². The Morgan fingerprint density at radius 1 is 1.25 bits per heavy atom. The van der Waals surface area contributed by atoms with E-state index in [9.17, 15) is 18.0 Å². The Balaban J connectivity index is 3.87. The molecule has 0 rings (SSSR count). The lowest BCUT2D eigenvalue weighted by molar-refractivity contribution is -0.206. The first-order valence-corrected chi connectivity index (χ1v) is 5.20. The largest absolute Gasteiger partial charge is 0.414 e. The van der Waals surface area contributed by atoms with Crippen molar-refractivity contribution in [2.45, 2.75) is 39.0 Å². The summed E-state index contributed by atoms with van der Waals surface area (Å²) in [5, 5.41) is 11.3. The number of halogens is 3. The average Bonchev–Trinajstić information content (AvgIpc) is 2.20. The molecule has 96 valence electrons. The van der Waals surface area contributed by atoms with Gasteiger partial charge in [0.1, 0.15) is 6.10 Å². The first kappa shape index (κ1) is 15.2. The lowest BCUT2D eigenvalue weighted by atomic mass is 9.90. The minimum Gasteiger partial charge on any atom is -0.384 e. The van der Waals surface area contributed by atoms with Gasteiger partial charge in [0.05, 0.1) is 0 Å². The molecule has 3 atom stereocenters. The minimum atomic E-state index is -4.54. The molecule has 0 radical (unpaired) electrons. The van der Waals surface area contributed by atoms with Gasteiger partial charge in [-0.25, -0.2) is 0 Å². The number of nitrogens with one attached hydrogen (secondary N) is 1. The smallest absolute Gasteiger partial charge is 0.384 e. The van der Waals surface area contributed by atoms with Crippen molar-refractivity contribution >= 4 is 6.41 Å². The number of alkyl halides is 3. The number of hydrogen-bond donors (Lipinski definition) is 2. The molecule has 1 unspecified atom stereocenters. The molecular weight excluding hydrogens is 223 g/mol. The van der Waals surface area contributed by atoms with Crippen LogP contribution in [0, 0.1) is 11.8 Å². The summed E-state index contributed by atoms with van der Waals surface area (Å²) in [6, 6.07) is 0. The monoisotopic (exact) mass is 241 g/mol. The fourth-order valence-corrected chi connectivity index (χ4v) is 1.30. The number of hydrogen-bond acceptors (Lipinski definition) is 2. The molecule has 3 nitrogen and oxygen atoms in total. The third-order valence-corrected chi connectivity index (χ3v) is 2.77. The fraction of sp³-hybridized carbons (Fsp3) is 0.900. The number of carbonyl (C=O) groups is 1. The molecule has 0 aliphatic rings. The fourth-order valence-electron chi connectivity index (χ4n) is 1.30. The van der Waals surface area contributed by atoms with E-state index < -0.39 is 12.3 Å². The topological polar surface area (TPSA) is 49.3 Å². The van der Waals surface area contributed by atoms with Crippen molar-refractivity contribution in [2.24, 2.45) is 11.8 Å². The van der Waals surface area contributed by atoms with E-state index in [-0.39, 0.29) is 24.7 Å². The molecule has 16 heavy (non-hydrogen) atoms. The zero-order valence-electron chi connectivity index (χ0n) is 9.42. The van der Waals surface area contributed by atoms with E-state index >= 15 is 0 Å². The van der Waals surface area contributed by atoms with Crippen molar-refractivity contribution in [1.29, 1.82) is 0 Å². The molecular formula is C10H18F3NO2. The number of carbonyl (C=O) groups excluding carboxylic acids is 1. The summed E-state index contributed by atoms with van der Waals surface area (Å²) in [4.78, 5) is 10.0. The van der Waals surface area contributed by atoms with E-state index in [0.717, 1.165) is 0 Å². The normalized spacial score (nSPS) is 17.6. The molecule has 2 N–H and O–H groups in total. The molecule has 0 saturated heterocycles. The summed E-state index contributed by atoms with van der Waals surface area (Å²) in [6.45, 7) is 4.09. The molecule has 0 aromatic carbocycles. The number of rotatable bonds is 7. The molecule has 6 heteroatoms. The van der Waals surface area contributed by atoms with Crippen LogP contribution in [0.15, 0.2) is 0 Å². The Morgan fingerprint density at radius 3 is 2.25 bits per heavy atom. The molecule has 0 bridgehead atoms. The standard InChI is InChI=1S/C10H18F3NO2/c1-7(8(2)5-14-6-15)3-4-9(16)10(11,12)13/h6-9,16H,3-5H2,1-2H3,(H,14,15)/t7-,8+,9?/m0/s1. The third-order valence-electron chi connectivity index (χ3n) is 2.77. The van der Waals surface area contributed by atoms with E-state index in [1.54, 1.807) is 6.92 Å². The Bertz CT molecular complexity index is 209. The molecule has 0 aliphatic heterocycles. The SMILES string of the molecule is C[C@H](CNC=O)[C@@H](C)CCC(O)C(F)(F)F. The second-order valence-corrected chi connectivity index (χ2v) is 4.12. The molecule has 0 saturated carbocycles. The summed E-state index contributed by atoms with van der Waals surface area (Å²) in [5.74, 6) is 0.107. The summed E-state index contributed by atoms with van der Waals surface area (Å²) in [5.41, 5.74) is 0. The number of aliphatic hydroxyl groups is 1. The van der Waals surface area contributed by atoms with Crippen LogP contribution in [0.25, 0.3) is 0 Å². The maximum Gasteiger partial charge on any atom is 0.414 e. The van der Waals surface area contributed by atoms with Crippen LogP contribution >= 0.6 is 0 Å². The van der Waals surface area contributed by atoms with E-state index in [2.05, 4.69) is 5.32 Å². The average molecular weight is 241 g/mol. The highest BCUT2D eigenvalue weighted by atomic mass is 19.4. The summed E-state index contributed by atoms with van der Waals surface area (Å²) < 4.78 is 36.0. The van der Waals surface area contributed by atoms with Gasteiger partial charge >= 0.3 is 6.18 Å². The van der Waals surface area contributed by atoms with Gasteiger partial charge in [0.25, 0.3) is 0 Å². The first-order valence-electron chi connectivity index (χ1n) is 5.20. The Morgan fingerprint density at radius 2 is 1.81 bits per heavy atom. The maximum atomic E-state index is 12.0. The Hall–Kier alpha value is -0.780. The summed E-state index contributed by atoms with van der Waals surface area (Å²) in [6.07, 6.45) is -6.24. The van der Waals surface area contributed by atoms with Crippen LogP contribution in [-0.2, 0) is 4.79 Å². The van der Waals surface area contributed by atoms with Crippen molar-refractivity contribution < 1.29 is 23.1 Å². The van der Waals surface area contributed by atoms with Crippen molar-refractivity contribution in [3.05, 3.63) is 0 Å². The van der Waals surface area contributed by atoms with Crippen LogP contribution in [0.4, 0.5) is 13.2 Å². The molecule has 0 spiro atoms. The van der Waals surface area contributed by atoms with Crippen LogP contribution in [0.3, 0.4) is 0 Å². The first-order chi connectivity index (χ1) is 7.29. The molecule has 0 aromatic heterocycles. The molecule has 0 fully saturated rings. The highest BCUT2D eigenvalue weighted by molar-refractivity contribution is 5.45. The molecule has 0 heterocycles. The van der Waals surface area contributed by atoms with Gasteiger partial charge in [-0.2, -0.15) is 13.2 Å². The van der Waals surface area contributed by atoms with Gasteiger partial charge in [-0.05, 0) is 24.7 Å². The second-order valence-electron chi connectivity index (χ2n) is 4.12.